The van der Waals surface area contributed by atoms with Crippen molar-refractivity contribution in [2.75, 3.05) is 5.32 Å². The van der Waals surface area contributed by atoms with Gasteiger partial charge in [-0.05, 0) is 42.9 Å². The number of fused-ring (bicyclic) bond motifs is 1. The quantitative estimate of drug-likeness (QED) is 0.863. The molecule has 0 bridgehead atoms. The fourth-order valence-corrected chi connectivity index (χ4v) is 3.11. The van der Waals surface area contributed by atoms with E-state index in [1.807, 2.05) is 0 Å². The minimum Gasteiger partial charge on any atom is -0.382 e. The lowest BCUT2D eigenvalue weighted by Gasteiger charge is -2.24. The summed E-state index contributed by atoms with van der Waals surface area (Å²) in [6, 6.07) is 4.96. The van der Waals surface area contributed by atoms with Gasteiger partial charge in [0, 0.05) is 11.7 Å². The van der Waals surface area contributed by atoms with Crippen molar-refractivity contribution in [3.05, 3.63) is 29.6 Å². The van der Waals surface area contributed by atoms with E-state index >= 15 is 0 Å². The molecule has 2 saturated carbocycles. The number of rotatable bonds is 3. The number of halogens is 1. The van der Waals surface area contributed by atoms with Crippen molar-refractivity contribution in [1.82, 2.24) is 0 Å². The zero-order valence-corrected chi connectivity index (χ0v) is 10.2. The normalized spacial score (nSPS) is 29.5. The number of carbonyl (C=O) groups excluding carboxylic acids is 1. The summed E-state index contributed by atoms with van der Waals surface area (Å²) in [5.41, 5.74) is 5.90. The Morgan fingerprint density at radius 3 is 3.00 bits per heavy atom. The van der Waals surface area contributed by atoms with Crippen molar-refractivity contribution in [1.29, 1.82) is 0 Å². The summed E-state index contributed by atoms with van der Waals surface area (Å²) in [5.74, 6) is 0.373. The number of amides is 1. The summed E-state index contributed by atoms with van der Waals surface area (Å²) in [6.07, 6.45) is 5.06. The Morgan fingerprint density at radius 2 is 2.22 bits per heavy atom. The average molecular weight is 248 g/mol. The van der Waals surface area contributed by atoms with E-state index in [0.29, 0.717) is 6.04 Å². The number of nitrogens with two attached hydrogens (primary N) is 1. The molecule has 0 aliphatic heterocycles. The predicted molar refractivity (Wildman–Crippen MR) is 67.8 cm³/mol. The number of hydrogen-bond donors (Lipinski definition) is 2. The van der Waals surface area contributed by atoms with Gasteiger partial charge < -0.3 is 11.1 Å². The van der Waals surface area contributed by atoms with Gasteiger partial charge in [-0.25, -0.2) is 4.39 Å². The number of anilines is 1. The minimum absolute atomic E-state index is 0.0387. The maximum absolute atomic E-state index is 13.4. The lowest BCUT2D eigenvalue weighted by Crippen LogP contribution is -2.25. The van der Waals surface area contributed by atoms with Gasteiger partial charge in [0.15, 0.2) is 0 Å². The molecule has 18 heavy (non-hydrogen) atoms. The van der Waals surface area contributed by atoms with Crippen molar-refractivity contribution in [3.8, 4) is 0 Å². The highest BCUT2D eigenvalue weighted by atomic mass is 19.1. The molecule has 1 amide bonds. The van der Waals surface area contributed by atoms with Crippen molar-refractivity contribution in [3.63, 3.8) is 0 Å². The zero-order valence-electron chi connectivity index (χ0n) is 10.2. The van der Waals surface area contributed by atoms with Crippen LogP contribution in [0, 0.1) is 17.7 Å². The van der Waals surface area contributed by atoms with E-state index in [0.717, 1.165) is 23.9 Å². The lowest BCUT2D eigenvalue weighted by atomic mass is 9.95. The van der Waals surface area contributed by atoms with E-state index in [9.17, 15) is 9.18 Å². The standard InChI is InChI=1S/C14H17FN2O/c15-12-5-4-9(7-11(12)14(16)18)17-13-3-1-2-8-6-10(8)13/h4-5,7-8,10,13,17H,1-3,6H2,(H2,16,18)/t8-,10+,13?/m0/s1. The molecule has 0 saturated heterocycles. The Balaban J connectivity index is 1.76. The molecule has 2 aliphatic carbocycles. The van der Waals surface area contributed by atoms with Crippen LogP contribution < -0.4 is 11.1 Å². The summed E-state index contributed by atoms with van der Waals surface area (Å²) in [4.78, 5) is 11.1. The lowest BCUT2D eigenvalue weighted by molar-refractivity contribution is 0.0996. The second kappa shape index (κ2) is 4.26. The van der Waals surface area contributed by atoms with E-state index < -0.39 is 11.7 Å². The third kappa shape index (κ3) is 2.07. The van der Waals surface area contributed by atoms with E-state index in [-0.39, 0.29) is 5.56 Å². The van der Waals surface area contributed by atoms with Crippen LogP contribution in [0.15, 0.2) is 18.2 Å². The van der Waals surface area contributed by atoms with E-state index in [1.165, 1.54) is 31.4 Å². The first-order chi connectivity index (χ1) is 8.65. The van der Waals surface area contributed by atoms with Gasteiger partial charge in [-0.1, -0.05) is 12.8 Å². The number of hydrogen-bond acceptors (Lipinski definition) is 2. The molecule has 2 aliphatic rings. The van der Waals surface area contributed by atoms with Gasteiger partial charge in [0.2, 0.25) is 0 Å². The molecule has 0 radical (unpaired) electrons. The van der Waals surface area contributed by atoms with Crippen molar-refractivity contribution >= 4 is 11.6 Å². The van der Waals surface area contributed by atoms with Crippen molar-refractivity contribution in [2.24, 2.45) is 17.6 Å². The molecule has 1 unspecified atom stereocenters. The molecule has 1 aromatic rings. The van der Waals surface area contributed by atoms with E-state index in [1.54, 1.807) is 6.07 Å². The molecule has 2 fully saturated rings. The predicted octanol–water partition coefficient (Wildman–Crippen LogP) is 2.53. The van der Waals surface area contributed by atoms with Gasteiger partial charge in [0.1, 0.15) is 5.82 Å². The van der Waals surface area contributed by atoms with Crippen LogP contribution in [-0.2, 0) is 0 Å². The SMILES string of the molecule is NC(=O)c1cc(NC2CCC[C@H]3C[C@@H]23)ccc1F. The van der Waals surface area contributed by atoms with Gasteiger partial charge in [0.25, 0.3) is 5.91 Å². The van der Waals surface area contributed by atoms with Crippen molar-refractivity contribution in [2.45, 2.75) is 31.7 Å². The van der Waals surface area contributed by atoms with Crippen LogP contribution in [0.3, 0.4) is 0 Å². The second-order valence-corrected chi connectivity index (χ2v) is 5.40. The topological polar surface area (TPSA) is 55.1 Å². The molecule has 1 aromatic carbocycles. The molecule has 3 N–H and O–H groups in total. The number of benzene rings is 1. The van der Waals surface area contributed by atoms with Crippen LogP contribution >= 0.6 is 0 Å². The molecular weight excluding hydrogens is 231 g/mol. The number of nitrogens with one attached hydrogen (secondary N) is 1. The molecule has 4 heteroatoms. The Labute approximate surface area is 106 Å². The monoisotopic (exact) mass is 248 g/mol. The van der Waals surface area contributed by atoms with Gasteiger partial charge in [0.05, 0.1) is 5.56 Å². The maximum atomic E-state index is 13.4. The molecule has 96 valence electrons. The molecule has 3 rings (SSSR count). The average Bonchev–Trinajstić information content (AvgIpc) is 3.11. The highest BCUT2D eigenvalue weighted by Gasteiger charge is 2.45. The fraction of sp³-hybridized carbons (Fsp3) is 0.500. The van der Waals surface area contributed by atoms with Crippen LogP contribution in [0.4, 0.5) is 10.1 Å². The van der Waals surface area contributed by atoms with Crippen molar-refractivity contribution < 1.29 is 9.18 Å². The summed E-state index contributed by atoms with van der Waals surface area (Å²) in [7, 11) is 0. The van der Waals surface area contributed by atoms with Crippen LogP contribution in [0.25, 0.3) is 0 Å². The molecular formula is C14H17FN2O. The highest BCUT2D eigenvalue weighted by Crippen LogP contribution is 2.50. The summed E-state index contributed by atoms with van der Waals surface area (Å²) in [6.45, 7) is 0. The van der Waals surface area contributed by atoms with Gasteiger partial charge in [-0.2, -0.15) is 0 Å². The maximum Gasteiger partial charge on any atom is 0.251 e. The molecule has 3 atom stereocenters. The number of primary amides is 1. The van der Waals surface area contributed by atoms with E-state index in [4.69, 9.17) is 5.73 Å². The second-order valence-electron chi connectivity index (χ2n) is 5.40. The third-order valence-electron chi connectivity index (χ3n) is 4.17. The first-order valence-corrected chi connectivity index (χ1v) is 6.51. The zero-order chi connectivity index (χ0) is 12.7. The third-order valence-corrected chi connectivity index (χ3v) is 4.17. The van der Waals surface area contributed by atoms with Crippen LogP contribution in [0.5, 0.6) is 0 Å². The summed E-state index contributed by atoms with van der Waals surface area (Å²) in [5, 5.41) is 3.42. The smallest absolute Gasteiger partial charge is 0.251 e. The van der Waals surface area contributed by atoms with E-state index in [2.05, 4.69) is 5.32 Å². The molecule has 3 nitrogen and oxygen atoms in total. The molecule has 0 heterocycles. The van der Waals surface area contributed by atoms with Crippen LogP contribution in [0.1, 0.15) is 36.0 Å². The number of carbonyl (C=O) groups is 1. The highest BCUT2D eigenvalue weighted by molar-refractivity contribution is 5.94. The molecule has 0 aromatic heterocycles. The van der Waals surface area contributed by atoms with Gasteiger partial charge in [-0.3, -0.25) is 4.79 Å². The Morgan fingerprint density at radius 1 is 1.39 bits per heavy atom. The van der Waals surface area contributed by atoms with Crippen LogP contribution in [-0.4, -0.2) is 11.9 Å². The van der Waals surface area contributed by atoms with Gasteiger partial charge in [-0.15, -0.1) is 0 Å². The first-order valence-electron chi connectivity index (χ1n) is 6.51. The fourth-order valence-electron chi connectivity index (χ4n) is 3.11. The Bertz CT molecular complexity index is 489. The van der Waals surface area contributed by atoms with Crippen LogP contribution in [0.2, 0.25) is 0 Å². The summed E-state index contributed by atoms with van der Waals surface area (Å²) < 4.78 is 13.4. The first kappa shape index (κ1) is 11.5. The van der Waals surface area contributed by atoms with Gasteiger partial charge >= 0.3 is 0 Å². The largest absolute Gasteiger partial charge is 0.382 e. The minimum atomic E-state index is -0.718. The molecule has 0 spiro atoms. The Kier molecular flexibility index (Phi) is 2.73. The summed E-state index contributed by atoms with van der Waals surface area (Å²) >= 11 is 0. The Hall–Kier alpha value is -1.58.